The molecule has 0 radical (unpaired) electrons. The van der Waals surface area contributed by atoms with Crippen LogP contribution >= 0.6 is 0 Å². The fourth-order valence-corrected chi connectivity index (χ4v) is 4.09. The zero-order valence-corrected chi connectivity index (χ0v) is 22.7. The molecular weight excluding hydrogens is 492 g/mol. The van der Waals surface area contributed by atoms with Crippen molar-refractivity contribution in [3.05, 3.63) is 102 Å². The minimum absolute atomic E-state index is 0.141. The van der Waals surface area contributed by atoms with E-state index in [1.54, 1.807) is 63.2 Å². The summed E-state index contributed by atoms with van der Waals surface area (Å²) in [7, 11) is 0. The number of carbonyl (C=O) groups is 3. The molecule has 3 aromatic carbocycles. The lowest BCUT2D eigenvalue weighted by Crippen LogP contribution is -2.53. The summed E-state index contributed by atoms with van der Waals surface area (Å²) >= 11 is 0. The van der Waals surface area contributed by atoms with Crippen LogP contribution < -0.4 is 10.6 Å². The van der Waals surface area contributed by atoms with Gasteiger partial charge in [-0.05, 0) is 50.5 Å². The number of rotatable bonds is 9. The molecule has 8 nitrogen and oxygen atoms in total. The smallest absolute Gasteiger partial charge is 0.408 e. The van der Waals surface area contributed by atoms with Gasteiger partial charge in [-0.15, -0.1) is 0 Å². The fourth-order valence-electron chi connectivity index (χ4n) is 4.09. The van der Waals surface area contributed by atoms with E-state index in [-0.39, 0.29) is 13.0 Å². The SMILES string of the molecule is Cc1ccccc1NC(=O)C(c1ccccc1)N(CC#N)C(=O)C(Cc1ccccc1)NC(=O)OC(C)(C)C. The number of benzene rings is 3. The van der Waals surface area contributed by atoms with Gasteiger partial charge in [0.15, 0.2) is 0 Å². The number of carbonyl (C=O) groups excluding carboxylic acids is 3. The van der Waals surface area contributed by atoms with Crippen molar-refractivity contribution in [2.24, 2.45) is 0 Å². The quantitative estimate of drug-likeness (QED) is 0.374. The molecule has 0 spiro atoms. The van der Waals surface area contributed by atoms with Crippen LogP contribution in [0.15, 0.2) is 84.9 Å². The van der Waals surface area contributed by atoms with Crippen LogP contribution in [0.1, 0.15) is 43.5 Å². The molecule has 0 aliphatic carbocycles. The maximum absolute atomic E-state index is 14.1. The van der Waals surface area contributed by atoms with Gasteiger partial charge in [0.2, 0.25) is 5.91 Å². The van der Waals surface area contributed by atoms with E-state index in [1.165, 1.54) is 4.90 Å². The summed E-state index contributed by atoms with van der Waals surface area (Å²) < 4.78 is 5.42. The Morgan fingerprint density at radius 1 is 0.923 bits per heavy atom. The van der Waals surface area contributed by atoms with Crippen LogP contribution in [0, 0.1) is 18.3 Å². The molecule has 0 fully saturated rings. The van der Waals surface area contributed by atoms with Gasteiger partial charge in [0.1, 0.15) is 24.2 Å². The average Bonchev–Trinajstić information content (AvgIpc) is 2.89. The Bertz CT molecular complexity index is 1310. The molecule has 0 saturated carbocycles. The molecular formula is C31H34N4O4. The highest BCUT2D eigenvalue weighted by Crippen LogP contribution is 2.25. The summed E-state index contributed by atoms with van der Waals surface area (Å²) in [5.41, 5.74) is 1.99. The van der Waals surface area contributed by atoms with Crippen molar-refractivity contribution in [2.75, 3.05) is 11.9 Å². The molecule has 202 valence electrons. The van der Waals surface area contributed by atoms with Crippen LogP contribution in [-0.2, 0) is 20.7 Å². The molecule has 0 aromatic heterocycles. The first-order valence-electron chi connectivity index (χ1n) is 12.7. The minimum atomic E-state index is -1.13. The lowest BCUT2D eigenvalue weighted by Gasteiger charge is -2.33. The molecule has 3 rings (SSSR count). The Morgan fingerprint density at radius 2 is 1.51 bits per heavy atom. The number of hydrogen-bond donors (Lipinski definition) is 2. The molecule has 3 aromatic rings. The topological polar surface area (TPSA) is 112 Å². The first-order valence-corrected chi connectivity index (χ1v) is 12.7. The molecule has 2 N–H and O–H groups in total. The number of aryl methyl sites for hydroxylation is 1. The predicted molar refractivity (Wildman–Crippen MR) is 150 cm³/mol. The lowest BCUT2D eigenvalue weighted by atomic mass is 10.00. The lowest BCUT2D eigenvalue weighted by molar-refractivity contribution is -0.140. The Morgan fingerprint density at radius 3 is 2.10 bits per heavy atom. The van der Waals surface area contributed by atoms with Gasteiger partial charge in [0.05, 0.1) is 6.07 Å². The van der Waals surface area contributed by atoms with Crippen LogP contribution in [0.3, 0.4) is 0 Å². The fraction of sp³-hybridized carbons (Fsp3) is 0.290. The molecule has 8 heteroatoms. The number of ether oxygens (including phenoxy) is 1. The third-order valence-electron chi connectivity index (χ3n) is 5.87. The van der Waals surface area contributed by atoms with E-state index < -0.39 is 35.6 Å². The maximum atomic E-state index is 14.1. The molecule has 0 bridgehead atoms. The van der Waals surface area contributed by atoms with E-state index >= 15 is 0 Å². The number of amides is 3. The van der Waals surface area contributed by atoms with Crippen molar-refractivity contribution in [1.29, 1.82) is 5.26 Å². The van der Waals surface area contributed by atoms with Crippen molar-refractivity contribution >= 4 is 23.6 Å². The molecule has 0 heterocycles. The van der Waals surface area contributed by atoms with E-state index in [1.807, 2.05) is 55.5 Å². The van der Waals surface area contributed by atoms with Gasteiger partial charge in [-0.1, -0.05) is 78.9 Å². The number of nitrogens with zero attached hydrogens (tertiary/aromatic N) is 2. The minimum Gasteiger partial charge on any atom is -0.444 e. The summed E-state index contributed by atoms with van der Waals surface area (Å²) in [4.78, 5) is 41.8. The summed E-state index contributed by atoms with van der Waals surface area (Å²) in [5.74, 6) is -1.06. The summed E-state index contributed by atoms with van der Waals surface area (Å²) in [6, 6.07) is 25.1. The normalized spacial score (nSPS) is 12.4. The highest BCUT2D eigenvalue weighted by Gasteiger charge is 2.36. The van der Waals surface area contributed by atoms with E-state index in [0.717, 1.165) is 11.1 Å². The van der Waals surface area contributed by atoms with Gasteiger partial charge in [-0.3, -0.25) is 9.59 Å². The van der Waals surface area contributed by atoms with E-state index in [2.05, 4.69) is 10.6 Å². The number of nitriles is 1. The molecule has 3 amide bonds. The highest BCUT2D eigenvalue weighted by molar-refractivity contribution is 5.99. The summed E-state index contributed by atoms with van der Waals surface area (Å²) in [6.07, 6.45) is -0.629. The van der Waals surface area contributed by atoms with Crippen molar-refractivity contribution in [1.82, 2.24) is 10.2 Å². The second-order valence-corrected chi connectivity index (χ2v) is 10.1. The number of anilines is 1. The Kier molecular flexibility index (Phi) is 9.82. The van der Waals surface area contributed by atoms with Gasteiger partial charge in [0.25, 0.3) is 5.91 Å². The van der Waals surface area contributed by atoms with Crippen LogP contribution in [0.4, 0.5) is 10.5 Å². The Balaban J connectivity index is 2.01. The standard InChI is InChI=1S/C31H34N4O4/c1-22-13-11-12-18-25(22)33-28(36)27(24-16-9-6-10-17-24)35(20-19-32)29(37)26(21-23-14-7-5-8-15-23)34-30(38)39-31(2,3)4/h5-18,26-27H,20-21H2,1-4H3,(H,33,36)(H,34,38). The predicted octanol–water partition coefficient (Wildman–Crippen LogP) is 5.16. The molecule has 0 saturated heterocycles. The first-order chi connectivity index (χ1) is 18.6. The van der Waals surface area contributed by atoms with E-state index in [9.17, 15) is 19.6 Å². The van der Waals surface area contributed by atoms with Gasteiger partial charge >= 0.3 is 6.09 Å². The van der Waals surface area contributed by atoms with Crippen molar-refractivity contribution in [3.63, 3.8) is 0 Å². The molecule has 39 heavy (non-hydrogen) atoms. The largest absolute Gasteiger partial charge is 0.444 e. The molecule has 0 aliphatic heterocycles. The van der Waals surface area contributed by atoms with Crippen LogP contribution in [0.25, 0.3) is 0 Å². The highest BCUT2D eigenvalue weighted by atomic mass is 16.6. The van der Waals surface area contributed by atoms with E-state index in [4.69, 9.17) is 4.74 Å². The summed E-state index contributed by atoms with van der Waals surface area (Å²) in [6.45, 7) is 6.67. The second kappa shape index (κ2) is 13.2. The monoisotopic (exact) mass is 526 g/mol. The zero-order valence-electron chi connectivity index (χ0n) is 22.7. The number of hydrogen-bond acceptors (Lipinski definition) is 5. The third-order valence-corrected chi connectivity index (χ3v) is 5.87. The van der Waals surface area contributed by atoms with Crippen LogP contribution in [-0.4, -0.2) is 41.0 Å². The average molecular weight is 527 g/mol. The summed E-state index contributed by atoms with van der Waals surface area (Å²) in [5, 5.41) is 15.3. The third kappa shape index (κ3) is 8.44. The zero-order chi connectivity index (χ0) is 28.4. The van der Waals surface area contributed by atoms with Crippen molar-refractivity contribution in [3.8, 4) is 6.07 Å². The Labute approximate surface area is 229 Å². The van der Waals surface area contributed by atoms with Crippen LogP contribution in [0.5, 0.6) is 0 Å². The number of alkyl carbamates (subject to hydrolysis) is 1. The second-order valence-electron chi connectivity index (χ2n) is 10.1. The van der Waals surface area contributed by atoms with Gasteiger partial charge in [-0.25, -0.2) is 4.79 Å². The number of nitrogens with one attached hydrogen (secondary N) is 2. The number of para-hydroxylation sites is 1. The van der Waals surface area contributed by atoms with Gasteiger partial charge < -0.3 is 20.3 Å². The maximum Gasteiger partial charge on any atom is 0.408 e. The van der Waals surface area contributed by atoms with Gasteiger partial charge in [-0.2, -0.15) is 5.26 Å². The molecule has 2 atom stereocenters. The van der Waals surface area contributed by atoms with Crippen molar-refractivity contribution in [2.45, 2.75) is 51.8 Å². The molecule has 2 unspecified atom stereocenters. The van der Waals surface area contributed by atoms with Crippen LogP contribution in [0.2, 0.25) is 0 Å². The molecule has 0 aliphatic rings. The first kappa shape index (κ1) is 28.9. The van der Waals surface area contributed by atoms with E-state index in [0.29, 0.717) is 11.3 Å². The Hall–Kier alpha value is -4.64. The van der Waals surface area contributed by atoms with Crippen molar-refractivity contribution < 1.29 is 19.1 Å². The van der Waals surface area contributed by atoms with Gasteiger partial charge in [0, 0.05) is 12.1 Å².